The molecular formula is C27H30N4O4S. The lowest BCUT2D eigenvalue weighted by Crippen LogP contribution is -2.42. The number of hydrogen-bond acceptors (Lipinski definition) is 6. The van der Waals surface area contributed by atoms with Crippen LogP contribution in [0.4, 0.5) is 5.69 Å². The normalized spacial score (nSPS) is 14.1. The summed E-state index contributed by atoms with van der Waals surface area (Å²) in [6, 6.07) is 17.6. The molecule has 0 amide bonds. The monoisotopic (exact) mass is 506 g/mol. The number of aliphatic imine (C=N–C) groups is 1. The number of rotatable bonds is 8. The molecule has 1 aliphatic heterocycles. The molecule has 0 radical (unpaired) electrons. The van der Waals surface area contributed by atoms with Gasteiger partial charge in [-0.1, -0.05) is 60.2 Å². The molecule has 3 aromatic rings. The Morgan fingerprint density at radius 2 is 1.75 bits per heavy atom. The smallest absolute Gasteiger partial charge is 0.322 e. The van der Waals surface area contributed by atoms with Crippen LogP contribution in [0.3, 0.4) is 0 Å². The van der Waals surface area contributed by atoms with Gasteiger partial charge in [0.1, 0.15) is 6.04 Å². The Kier molecular flexibility index (Phi) is 7.42. The van der Waals surface area contributed by atoms with Crippen molar-refractivity contribution in [1.29, 1.82) is 0 Å². The van der Waals surface area contributed by atoms with E-state index in [9.17, 15) is 18.3 Å². The molecule has 8 nitrogen and oxygen atoms in total. The van der Waals surface area contributed by atoms with Gasteiger partial charge in [-0.15, -0.1) is 0 Å². The van der Waals surface area contributed by atoms with E-state index < -0.39 is 22.0 Å². The number of carbonyl (C=O) groups is 1. The molecule has 3 aromatic carbocycles. The molecule has 1 unspecified atom stereocenters. The summed E-state index contributed by atoms with van der Waals surface area (Å²) in [5, 5.41) is 16.4. The van der Waals surface area contributed by atoms with E-state index in [2.05, 4.69) is 20.3 Å². The van der Waals surface area contributed by atoms with Crippen molar-refractivity contribution < 1.29 is 18.3 Å². The Morgan fingerprint density at radius 3 is 2.36 bits per heavy atom. The standard InChI is InChI=1S/C27H30N4O4S/c1-17-13-18(2)25(19(3)14-17)36(34,35)31-24(26(32)33)16-20-9-10-22(21-7-5-4-6-8-21)23(15-20)30-27-28-11-12-29-27/h4-10,13-15,24,31H,11-12,16H2,1-3H3,(H,32,33)(H2,28,29,30). The van der Waals surface area contributed by atoms with Gasteiger partial charge in [0, 0.05) is 17.8 Å². The molecule has 0 spiro atoms. The van der Waals surface area contributed by atoms with Gasteiger partial charge in [-0.05, 0) is 55.5 Å². The highest BCUT2D eigenvalue weighted by atomic mass is 32.2. The van der Waals surface area contributed by atoms with E-state index >= 15 is 0 Å². The summed E-state index contributed by atoms with van der Waals surface area (Å²) < 4.78 is 28.8. The van der Waals surface area contributed by atoms with Gasteiger partial charge in [-0.25, -0.2) is 8.42 Å². The number of nitrogens with one attached hydrogen (secondary N) is 3. The van der Waals surface area contributed by atoms with Gasteiger partial charge in [-0.3, -0.25) is 9.79 Å². The summed E-state index contributed by atoms with van der Waals surface area (Å²) >= 11 is 0. The van der Waals surface area contributed by atoms with Crippen LogP contribution in [0.5, 0.6) is 0 Å². The second-order valence-corrected chi connectivity index (χ2v) is 10.6. The van der Waals surface area contributed by atoms with Crippen LogP contribution in [0.1, 0.15) is 22.3 Å². The summed E-state index contributed by atoms with van der Waals surface area (Å²) in [7, 11) is -4.06. The van der Waals surface area contributed by atoms with Crippen LogP contribution in [-0.2, 0) is 21.2 Å². The van der Waals surface area contributed by atoms with Crippen molar-refractivity contribution >= 4 is 27.6 Å². The number of nitrogens with zero attached hydrogens (tertiary/aromatic N) is 1. The molecule has 1 aliphatic rings. The van der Waals surface area contributed by atoms with Crippen LogP contribution in [-0.4, -0.2) is 44.6 Å². The third-order valence-corrected chi connectivity index (χ3v) is 7.78. The molecule has 0 aliphatic carbocycles. The number of sulfonamides is 1. The molecule has 0 aromatic heterocycles. The zero-order valence-electron chi connectivity index (χ0n) is 20.5. The van der Waals surface area contributed by atoms with Crippen molar-refractivity contribution in [3.63, 3.8) is 0 Å². The van der Waals surface area contributed by atoms with Crippen LogP contribution in [0.15, 0.2) is 70.6 Å². The van der Waals surface area contributed by atoms with Crippen LogP contribution in [0, 0.1) is 20.8 Å². The zero-order chi connectivity index (χ0) is 25.9. The van der Waals surface area contributed by atoms with Crippen molar-refractivity contribution in [2.45, 2.75) is 38.1 Å². The molecular weight excluding hydrogens is 476 g/mol. The molecule has 36 heavy (non-hydrogen) atoms. The summed E-state index contributed by atoms with van der Waals surface area (Å²) in [5.74, 6) is -0.602. The first-order valence-corrected chi connectivity index (χ1v) is 13.2. The Bertz CT molecular complexity index is 1400. The minimum atomic E-state index is -4.06. The average Bonchev–Trinajstić information content (AvgIpc) is 3.31. The molecule has 4 N–H and O–H groups in total. The van der Waals surface area contributed by atoms with Crippen LogP contribution < -0.4 is 15.4 Å². The van der Waals surface area contributed by atoms with Crippen LogP contribution in [0.2, 0.25) is 0 Å². The molecule has 0 saturated carbocycles. The predicted octanol–water partition coefficient (Wildman–Crippen LogP) is 3.62. The molecule has 0 fully saturated rings. The third-order valence-electron chi connectivity index (χ3n) is 6.00. The first kappa shape index (κ1) is 25.4. The molecule has 1 heterocycles. The predicted molar refractivity (Wildman–Crippen MR) is 142 cm³/mol. The van der Waals surface area contributed by atoms with Crippen molar-refractivity contribution in [2.75, 3.05) is 18.4 Å². The first-order valence-electron chi connectivity index (χ1n) is 11.7. The molecule has 0 saturated heterocycles. The fraction of sp³-hybridized carbons (Fsp3) is 0.259. The van der Waals surface area contributed by atoms with E-state index in [1.807, 2.05) is 55.5 Å². The summed E-state index contributed by atoms with van der Waals surface area (Å²) in [6.45, 7) is 6.73. The lowest BCUT2D eigenvalue weighted by molar-refractivity contribution is -0.138. The second kappa shape index (κ2) is 10.5. The van der Waals surface area contributed by atoms with Gasteiger partial charge in [0.15, 0.2) is 5.96 Å². The van der Waals surface area contributed by atoms with E-state index in [0.717, 1.165) is 28.9 Å². The number of aryl methyl sites for hydroxylation is 3. The maximum absolute atomic E-state index is 13.2. The Balaban J connectivity index is 1.65. The lowest BCUT2D eigenvalue weighted by atomic mass is 9.98. The van der Waals surface area contributed by atoms with Gasteiger partial charge < -0.3 is 15.7 Å². The largest absolute Gasteiger partial charge is 0.480 e. The third kappa shape index (κ3) is 5.75. The number of carboxylic acids is 1. The van der Waals surface area contributed by atoms with E-state index in [1.165, 1.54) is 0 Å². The Morgan fingerprint density at radius 1 is 1.06 bits per heavy atom. The van der Waals surface area contributed by atoms with Crippen molar-refractivity contribution in [3.8, 4) is 11.1 Å². The SMILES string of the molecule is Cc1cc(C)c(S(=O)(=O)NC(Cc2ccc(-c3ccccc3)c(NC3=NCCN3)c2)C(=O)O)c(C)c1. The van der Waals surface area contributed by atoms with Crippen molar-refractivity contribution in [3.05, 3.63) is 82.9 Å². The number of guanidine groups is 1. The van der Waals surface area contributed by atoms with Gasteiger partial charge in [0.2, 0.25) is 10.0 Å². The number of carboxylic acid groups (broad SMARTS) is 1. The zero-order valence-corrected chi connectivity index (χ0v) is 21.3. The van der Waals surface area contributed by atoms with Crippen molar-refractivity contribution in [2.24, 2.45) is 4.99 Å². The van der Waals surface area contributed by atoms with Gasteiger partial charge in [-0.2, -0.15) is 4.72 Å². The maximum atomic E-state index is 13.2. The summed E-state index contributed by atoms with van der Waals surface area (Å²) in [4.78, 5) is 16.6. The minimum absolute atomic E-state index is 0.0256. The topological polar surface area (TPSA) is 120 Å². The highest BCUT2D eigenvalue weighted by molar-refractivity contribution is 7.89. The summed E-state index contributed by atoms with van der Waals surface area (Å²) in [5.41, 5.74) is 5.44. The molecule has 0 bridgehead atoms. The molecule has 9 heteroatoms. The first-order chi connectivity index (χ1) is 17.1. The maximum Gasteiger partial charge on any atom is 0.322 e. The Labute approximate surface area is 211 Å². The lowest BCUT2D eigenvalue weighted by Gasteiger charge is -2.19. The molecule has 4 rings (SSSR count). The number of benzene rings is 3. The average molecular weight is 507 g/mol. The van der Waals surface area contributed by atoms with E-state index in [1.54, 1.807) is 26.0 Å². The quantitative estimate of drug-likeness (QED) is 0.370. The molecule has 188 valence electrons. The minimum Gasteiger partial charge on any atom is -0.480 e. The van der Waals surface area contributed by atoms with Gasteiger partial charge in [0.25, 0.3) is 0 Å². The fourth-order valence-electron chi connectivity index (χ4n) is 4.55. The van der Waals surface area contributed by atoms with E-state index in [-0.39, 0.29) is 11.3 Å². The summed E-state index contributed by atoms with van der Waals surface area (Å²) in [6.07, 6.45) is -0.0256. The highest BCUT2D eigenvalue weighted by Gasteiger charge is 2.28. The van der Waals surface area contributed by atoms with Gasteiger partial charge >= 0.3 is 5.97 Å². The van der Waals surface area contributed by atoms with E-state index in [0.29, 0.717) is 29.2 Å². The second-order valence-electron chi connectivity index (χ2n) is 8.97. The van der Waals surface area contributed by atoms with Crippen molar-refractivity contribution in [1.82, 2.24) is 10.0 Å². The number of aliphatic carboxylic acids is 1. The van der Waals surface area contributed by atoms with Crippen LogP contribution >= 0.6 is 0 Å². The number of hydrogen-bond donors (Lipinski definition) is 4. The van der Waals surface area contributed by atoms with E-state index in [4.69, 9.17) is 0 Å². The van der Waals surface area contributed by atoms with Gasteiger partial charge in [0.05, 0.1) is 11.4 Å². The highest BCUT2D eigenvalue weighted by Crippen LogP contribution is 2.30. The number of anilines is 1. The molecule has 1 atom stereocenters. The Hall–Kier alpha value is -3.69. The van der Waals surface area contributed by atoms with Crippen LogP contribution in [0.25, 0.3) is 11.1 Å². The fourth-order valence-corrected chi connectivity index (χ4v) is 6.19.